The maximum atomic E-state index is 12.1. The van der Waals surface area contributed by atoms with Gasteiger partial charge in [0.05, 0.1) is 26.0 Å². The Morgan fingerprint density at radius 2 is 2.05 bits per heavy atom. The molecule has 3 nitrogen and oxygen atoms in total. The van der Waals surface area contributed by atoms with Crippen LogP contribution in [0.15, 0.2) is 35.3 Å². The summed E-state index contributed by atoms with van der Waals surface area (Å²) in [5.74, 6) is -0.188. The normalized spacial score (nSPS) is 12.2. The second-order valence-electron chi connectivity index (χ2n) is 4.42. The molecule has 0 N–H and O–H groups in total. The summed E-state index contributed by atoms with van der Waals surface area (Å²) in [6, 6.07) is 9.32. The van der Waals surface area contributed by atoms with Gasteiger partial charge in [0.2, 0.25) is 0 Å². The minimum atomic E-state index is -0.188. The van der Waals surface area contributed by atoms with Gasteiger partial charge in [0.25, 0.3) is 5.91 Å². The van der Waals surface area contributed by atoms with Crippen LogP contribution in [0.25, 0.3) is 10.2 Å². The van der Waals surface area contributed by atoms with Gasteiger partial charge in [-0.25, -0.2) is 0 Å². The van der Waals surface area contributed by atoms with Crippen LogP contribution in [-0.4, -0.2) is 10.5 Å². The zero-order valence-corrected chi connectivity index (χ0v) is 14.1. The van der Waals surface area contributed by atoms with E-state index in [2.05, 4.69) is 4.99 Å². The molecule has 0 aliphatic rings. The number of nitrogens with zero attached hydrogens (tertiary/aromatic N) is 2. The zero-order chi connectivity index (χ0) is 15.0. The highest BCUT2D eigenvalue weighted by Gasteiger charge is 2.09. The van der Waals surface area contributed by atoms with Crippen LogP contribution in [0.1, 0.15) is 4.88 Å². The number of hydrogen-bond acceptors (Lipinski definition) is 3. The topological polar surface area (TPSA) is 34.4 Å². The molecule has 3 aromatic rings. The third-order valence-corrected chi connectivity index (χ3v) is 5.58. The fourth-order valence-electron chi connectivity index (χ4n) is 2.01. The van der Waals surface area contributed by atoms with E-state index in [4.69, 9.17) is 23.2 Å². The number of carbonyl (C=O) groups excluding carboxylic acids is 1. The monoisotopic (exact) mass is 356 g/mol. The number of thiazole rings is 1. The fraction of sp³-hybridized carbons (Fsp3) is 0.143. The van der Waals surface area contributed by atoms with Crippen molar-refractivity contribution < 1.29 is 4.79 Å². The van der Waals surface area contributed by atoms with Crippen LogP contribution >= 0.6 is 45.9 Å². The molecule has 7 heteroatoms. The molecular weight excluding hydrogens is 347 g/mol. The van der Waals surface area contributed by atoms with Gasteiger partial charge in [-0.3, -0.25) is 4.79 Å². The Labute approximate surface area is 139 Å². The van der Waals surface area contributed by atoms with Crippen molar-refractivity contribution in [2.24, 2.45) is 12.0 Å². The lowest BCUT2D eigenvalue weighted by Gasteiger charge is -1.97. The first-order valence-electron chi connectivity index (χ1n) is 6.10. The van der Waals surface area contributed by atoms with Gasteiger partial charge in [-0.15, -0.1) is 11.3 Å². The number of halogens is 2. The molecule has 0 saturated carbocycles. The number of benzene rings is 1. The van der Waals surface area contributed by atoms with E-state index in [1.807, 2.05) is 35.9 Å². The number of carbonyl (C=O) groups is 1. The van der Waals surface area contributed by atoms with Crippen LogP contribution in [0.2, 0.25) is 9.36 Å². The first kappa shape index (κ1) is 14.8. The summed E-state index contributed by atoms with van der Waals surface area (Å²) in [5, 5.41) is 0.658. The fourth-order valence-corrected chi connectivity index (χ4v) is 4.50. The third kappa shape index (κ3) is 3.06. The summed E-state index contributed by atoms with van der Waals surface area (Å²) in [4.78, 5) is 17.8. The van der Waals surface area contributed by atoms with Crippen LogP contribution in [0, 0.1) is 0 Å². The number of aryl methyl sites for hydroxylation is 1. The predicted octanol–water partition coefficient (Wildman–Crippen LogP) is 4.28. The lowest BCUT2D eigenvalue weighted by Crippen LogP contribution is -2.14. The lowest BCUT2D eigenvalue weighted by molar-refractivity contribution is -0.117. The van der Waals surface area contributed by atoms with E-state index in [0.29, 0.717) is 14.2 Å². The molecule has 0 aliphatic carbocycles. The summed E-state index contributed by atoms with van der Waals surface area (Å²) in [5.41, 5.74) is 0.898. The van der Waals surface area contributed by atoms with Crippen molar-refractivity contribution in [1.29, 1.82) is 0 Å². The lowest BCUT2D eigenvalue weighted by atomic mass is 10.3. The maximum absolute atomic E-state index is 12.1. The second kappa shape index (κ2) is 5.93. The van der Waals surface area contributed by atoms with Gasteiger partial charge in [-0.2, -0.15) is 4.99 Å². The number of para-hydroxylation sites is 1. The average molecular weight is 357 g/mol. The quantitative estimate of drug-likeness (QED) is 0.674. The Morgan fingerprint density at radius 3 is 2.71 bits per heavy atom. The predicted molar refractivity (Wildman–Crippen MR) is 89.4 cm³/mol. The maximum Gasteiger partial charge on any atom is 0.253 e. The number of fused-ring (bicyclic) bond motifs is 1. The largest absolute Gasteiger partial charge is 0.318 e. The third-order valence-electron chi connectivity index (χ3n) is 2.95. The van der Waals surface area contributed by atoms with Crippen LogP contribution in [0.3, 0.4) is 0 Å². The Balaban J connectivity index is 1.98. The molecule has 2 aromatic heterocycles. The van der Waals surface area contributed by atoms with Crippen molar-refractivity contribution in [3.8, 4) is 0 Å². The van der Waals surface area contributed by atoms with Crippen molar-refractivity contribution in [2.45, 2.75) is 6.42 Å². The van der Waals surface area contributed by atoms with E-state index in [9.17, 15) is 4.79 Å². The summed E-state index contributed by atoms with van der Waals surface area (Å²) in [7, 11) is 1.86. The first-order chi connectivity index (χ1) is 10.0. The van der Waals surface area contributed by atoms with Crippen LogP contribution in [-0.2, 0) is 18.3 Å². The van der Waals surface area contributed by atoms with Crippen molar-refractivity contribution in [3.63, 3.8) is 0 Å². The van der Waals surface area contributed by atoms with Crippen molar-refractivity contribution in [3.05, 3.63) is 49.4 Å². The summed E-state index contributed by atoms with van der Waals surface area (Å²) < 4.78 is 3.54. The van der Waals surface area contributed by atoms with E-state index in [-0.39, 0.29) is 12.3 Å². The van der Waals surface area contributed by atoms with E-state index in [1.54, 1.807) is 6.07 Å². The van der Waals surface area contributed by atoms with Gasteiger partial charge in [-0.1, -0.05) is 40.6 Å². The van der Waals surface area contributed by atoms with E-state index >= 15 is 0 Å². The van der Waals surface area contributed by atoms with Crippen molar-refractivity contribution in [2.75, 3.05) is 0 Å². The highest BCUT2D eigenvalue weighted by atomic mass is 35.5. The molecule has 0 atom stereocenters. The Morgan fingerprint density at radius 1 is 1.24 bits per heavy atom. The molecule has 2 heterocycles. The Hall–Kier alpha value is -1.14. The van der Waals surface area contributed by atoms with Gasteiger partial charge in [0.15, 0.2) is 4.80 Å². The second-order valence-corrected chi connectivity index (χ2v) is 7.63. The highest BCUT2D eigenvalue weighted by molar-refractivity contribution is 7.16. The molecule has 1 amide bonds. The van der Waals surface area contributed by atoms with Crippen LogP contribution < -0.4 is 4.80 Å². The Bertz CT molecular complexity index is 892. The van der Waals surface area contributed by atoms with Gasteiger partial charge < -0.3 is 4.57 Å². The molecule has 0 radical (unpaired) electrons. The van der Waals surface area contributed by atoms with Gasteiger partial charge >= 0.3 is 0 Å². The zero-order valence-electron chi connectivity index (χ0n) is 11.0. The molecule has 0 unspecified atom stereocenters. The number of aromatic nitrogens is 1. The minimum absolute atomic E-state index is 0.188. The number of amides is 1. The van der Waals surface area contributed by atoms with Gasteiger partial charge in [0, 0.05) is 11.9 Å². The number of hydrogen-bond donors (Lipinski definition) is 0. The molecule has 3 rings (SSSR count). The molecule has 21 heavy (non-hydrogen) atoms. The van der Waals surface area contributed by atoms with Gasteiger partial charge in [0.1, 0.15) is 0 Å². The summed E-state index contributed by atoms with van der Waals surface area (Å²) in [6.45, 7) is 0. The van der Waals surface area contributed by atoms with Crippen molar-refractivity contribution >= 4 is 62.0 Å². The Kier molecular flexibility index (Phi) is 4.17. The average Bonchev–Trinajstić information content (AvgIpc) is 2.95. The SMILES string of the molecule is Cn1c(=NC(=O)Cc2ccc(Cl)s2)sc2cccc(Cl)c21. The van der Waals surface area contributed by atoms with E-state index < -0.39 is 0 Å². The smallest absolute Gasteiger partial charge is 0.253 e. The van der Waals surface area contributed by atoms with Crippen LogP contribution in [0.5, 0.6) is 0 Å². The molecule has 1 aromatic carbocycles. The molecule has 0 fully saturated rings. The van der Waals surface area contributed by atoms with Crippen LogP contribution in [0.4, 0.5) is 0 Å². The van der Waals surface area contributed by atoms with Gasteiger partial charge in [-0.05, 0) is 24.3 Å². The summed E-state index contributed by atoms with van der Waals surface area (Å²) in [6.07, 6.45) is 0.263. The molecular formula is C14H10Cl2N2OS2. The molecule has 108 valence electrons. The standard InChI is InChI=1S/C14H10Cl2N2OS2/c1-18-13-9(15)3-2-4-10(13)21-14(18)17-12(19)7-8-5-6-11(16)20-8/h2-6H,7H2,1H3. The number of thiophene rings is 1. The molecule has 0 bridgehead atoms. The van der Waals surface area contributed by atoms with E-state index in [1.165, 1.54) is 22.7 Å². The first-order valence-corrected chi connectivity index (χ1v) is 8.49. The van der Waals surface area contributed by atoms with E-state index in [0.717, 1.165) is 15.1 Å². The highest BCUT2D eigenvalue weighted by Crippen LogP contribution is 2.24. The summed E-state index contributed by atoms with van der Waals surface area (Å²) >= 11 is 14.9. The minimum Gasteiger partial charge on any atom is -0.318 e. The molecule has 0 spiro atoms. The van der Waals surface area contributed by atoms with Crippen molar-refractivity contribution in [1.82, 2.24) is 4.57 Å². The molecule has 0 saturated heterocycles. The number of rotatable bonds is 2. The molecule has 0 aliphatic heterocycles.